The second-order valence-electron chi connectivity index (χ2n) is 9.39. The third-order valence-corrected chi connectivity index (χ3v) is 7.42. The minimum absolute atomic E-state index is 0.00192. The Kier molecular flexibility index (Phi) is 5.80. The molecule has 10 heteroatoms. The maximum Gasteiger partial charge on any atom is 0.295 e. The number of piperidine rings is 1. The van der Waals surface area contributed by atoms with Gasteiger partial charge in [0.05, 0.1) is 35.1 Å². The lowest BCUT2D eigenvalue weighted by molar-refractivity contribution is -0.128. The highest BCUT2D eigenvalue weighted by atomic mass is 19.1. The molecule has 184 valence electrons. The highest BCUT2D eigenvalue weighted by molar-refractivity contribution is 6.45. The van der Waals surface area contributed by atoms with Crippen molar-refractivity contribution in [3.63, 3.8) is 0 Å². The smallest absolute Gasteiger partial charge is 0.295 e. The number of rotatable bonds is 5. The van der Waals surface area contributed by atoms with Gasteiger partial charge in [-0.05, 0) is 37.8 Å². The second-order valence-corrected chi connectivity index (χ2v) is 9.39. The number of ketones is 1. The van der Waals surface area contributed by atoms with Crippen LogP contribution < -0.4 is 0 Å². The van der Waals surface area contributed by atoms with E-state index in [9.17, 15) is 14.0 Å². The standard InChI is InChI=1S/C26H26FN7O2/c27-20-16-29-25(34-14-10-30-31-34)23-22(20)19(15-28-23)24(35)26(36)32-12-8-18(9-13-32)33-11-4-7-21(33)17-5-2-1-3-6-17/h1-3,5-6,10,14-16,18,21,28H,4,7-9,11-13H2. The number of benzene rings is 1. The minimum atomic E-state index is -0.724. The number of H-pyrrole nitrogens is 1. The van der Waals surface area contributed by atoms with Crippen molar-refractivity contribution >= 4 is 22.6 Å². The first kappa shape index (κ1) is 22.5. The van der Waals surface area contributed by atoms with Crippen molar-refractivity contribution in [1.82, 2.24) is 34.8 Å². The number of likely N-dealkylation sites (tertiary alicyclic amines) is 2. The van der Waals surface area contributed by atoms with Crippen LogP contribution in [0, 0.1) is 5.82 Å². The summed E-state index contributed by atoms with van der Waals surface area (Å²) in [5, 5.41) is 7.67. The number of nitrogens with one attached hydrogen (secondary N) is 1. The Hall–Kier alpha value is -3.92. The highest BCUT2D eigenvalue weighted by Crippen LogP contribution is 2.36. The van der Waals surface area contributed by atoms with Gasteiger partial charge in [-0.3, -0.25) is 14.5 Å². The Balaban J connectivity index is 1.17. The number of pyridine rings is 1. The quantitative estimate of drug-likeness (QED) is 0.343. The lowest BCUT2D eigenvalue weighted by Crippen LogP contribution is -2.48. The van der Waals surface area contributed by atoms with E-state index in [4.69, 9.17) is 0 Å². The molecule has 1 atom stereocenters. The molecule has 0 aliphatic carbocycles. The van der Waals surface area contributed by atoms with Crippen molar-refractivity contribution in [3.8, 4) is 5.82 Å². The lowest BCUT2D eigenvalue weighted by Gasteiger charge is -2.39. The van der Waals surface area contributed by atoms with Gasteiger partial charge < -0.3 is 9.88 Å². The molecule has 2 saturated heterocycles. The number of aromatic nitrogens is 5. The first-order chi connectivity index (χ1) is 17.6. The Morgan fingerprint density at radius 2 is 1.86 bits per heavy atom. The predicted octanol–water partition coefficient (Wildman–Crippen LogP) is 3.29. The number of amides is 1. The zero-order valence-corrected chi connectivity index (χ0v) is 19.7. The molecular formula is C26H26FN7O2. The molecule has 6 rings (SSSR count). The van der Waals surface area contributed by atoms with Crippen molar-refractivity contribution in [1.29, 1.82) is 0 Å². The predicted molar refractivity (Wildman–Crippen MR) is 130 cm³/mol. The molecule has 1 N–H and O–H groups in total. The van der Waals surface area contributed by atoms with Gasteiger partial charge >= 0.3 is 0 Å². The fourth-order valence-corrected chi connectivity index (χ4v) is 5.69. The zero-order valence-electron chi connectivity index (χ0n) is 19.7. The molecule has 9 nitrogen and oxygen atoms in total. The van der Waals surface area contributed by atoms with Crippen LogP contribution in [-0.4, -0.2) is 72.1 Å². The minimum Gasteiger partial charge on any atom is -0.357 e. The van der Waals surface area contributed by atoms with Crippen molar-refractivity contribution < 1.29 is 14.0 Å². The Labute approximate surface area is 206 Å². The fraction of sp³-hybridized carbons (Fsp3) is 0.346. The maximum atomic E-state index is 14.8. The second kappa shape index (κ2) is 9.27. The number of hydrogen-bond donors (Lipinski definition) is 1. The number of hydrogen-bond acceptors (Lipinski definition) is 6. The summed E-state index contributed by atoms with van der Waals surface area (Å²) >= 11 is 0. The van der Waals surface area contributed by atoms with Gasteiger partial charge in [0, 0.05) is 31.4 Å². The molecule has 0 spiro atoms. The first-order valence-corrected chi connectivity index (χ1v) is 12.3. The molecule has 3 aromatic heterocycles. The van der Waals surface area contributed by atoms with Crippen LogP contribution >= 0.6 is 0 Å². The summed E-state index contributed by atoms with van der Waals surface area (Å²) < 4.78 is 16.1. The Bertz CT molecular complexity index is 1390. The van der Waals surface area contributed by atoms with Gasteiger partial charge in [-0.15, -0.1) is 5.10 Å². The zero-order chi connectivity index (χ0) is 24.6. The van der Waals surface area contributed by atoms with Gasteiger partial charge in [0.2, 0.25) is 0 Å². The topological polar surface area (TPSA) is 100 Å². The van der Waals surface area contributed by atoms with E-state index < -0.39 is 17.5 Å². The van der Waals surface area contributed by atoms with Gasteiger partial charge in [0.25, 0.3) is 11.7 Å². The average molecular weight is 488 g/mol. The van der Waals surface area contributed by atoms with E-state index in [-0.39, 0.29) is 16.5 Å². The number of carbonyl (C=O) groups is 2. The van der Waals surface area contributed by atoms with Crippen LogP contribution in [0.4, 0.5) is 4.39 Å². The molecule has 0 radical (unpaired) electrons. The summed E-state index contributed by atoms with van der Waals surface area (Å²) in [5.41, 5.74) is 1.63. The monoisotopic (exact) mass is 487 g/mol. The normalized spacial score (nSPS) is 19.2. The summed E-state index contributed by atoms with van der Waals surface area (Å²) in [6.45, 7) is 2.06. The molecule has 0 bridgehead atoms. The fourth-order valence-electron chi connectivity index (χ4n) is 5.69. The van der Waals surface area contributed by atoms with E-state index in [0.717, 1.165) is 38.4 Å². The van der Waals surface area contributed by atoms with Gasteiger partial charge in [-0.1, -0.05) is 35.5 Å². The largest absolute Gasteiger partial charge is 0.357 e. The van der Waals surface area contributed by atoms with E-state index in [1.54, 1.807) is 11.1 Å². The third-order valence-electron chi connectivity index (χ3n) is 7.42. The first-order valence-electron chi connectivity index (χ1n) is 12.3. The molecule has 2 aliphatic rings. The van der Waals surface area contributed by atoms with Crippen LogP contribution in [0.5, 0.6) is 0 Å². The number of nitrogens with zero attached hydrogens (tertiary/aromatic N) is 6. The summed E-state index contributed by atoms with van der Waals surface area (Å²) in [7, 11) is 0. The number of Topliss-reactive ketones (excluding diaryl/α,β-unsaturated/α-hetero) is 1. The number of fused-ring (bicyclic) bond motifs is 1. The van der Waals surface area contributed by atoms with E-state index in [1.807, 2.05) is 6.07 Å². The van der Waals surface area contributed by atoms with E-state index in [0.29, 0.717) is 31.0 Å². The van der Waals surface area contributed by atoms with Crippen LogP contribution in [0.25, 0.3) is 16.7 Å². The Morgan fingerprint density at radius 3 is 2.61 bits per heavy atom. The van der Waals surface area contributed by atoms with Crippen molar-refractivity contribution in [2.24, 2.45) is 0 Å². The molecule has 1 aromatic carbocycles. The average Bonchev–Trinajstić information content (AvgIpc) is 3.70. The van der Waals surface area contributed by atoms with Gasteiger partial charge in [0.15, 0.2) is 11.6 Å². The molecular weight excluding hydrogens is 461 g/mol. The number of halogens is 1. The van der Waals surface area contributed by atoms with Crippen molar-refractivity contribution in [2.75, 3.05) is 19.6 Å². The van der Waals surface area contributed by atoms with Gasteiger partial charge in [0.1, 0.15) is 0 Å². The van der Waals surface area contributed by atoms with Crippen LogP contribution in [0.3, 0.4) is 0 Å². The van der Waals surface area contributed by atoms with Gasteiger partial charge in [-0.25, -0.2) is 14.1 Å². The summed E-state index contributed by atoms with van der Waals surface area (Å²) in [6.07, 6.45) is 9.36. The van der Waals surface area contributed by atoms with Crippen LogP contribution in [-0.2, 0) is 4.79 Å². The van der Waals surface area contributed by atoms with Gasteiger partial charge in [-0.2, -0.15) is 0 Å². The summed E-state index contributed by atoms with van der Waals surface area (Å²) in [6, 6.07) is 11.3. The SMILES string of the molecule is O=C(C(=O)N1CCC(N2CCCC2c2ccccc2)CC1)c1c[nH]c2c(-n3ccnn3)ncc(F)c12. The number of aromatic amines is 1. The number of carbonyl (C=O) groups excluding carboxylic acids is 2. The molecule has 1 amide bonds. The molecule has 4 aromatic rings. The Morgan fingerprint density at radius 1 is 1.06 bits per heavy atom. The van der Waals surface area contributed by atoms with Crippen molar-refractivity contribution in [3.05, 3.63) is 72.1 Å². The van der Waals surface area contributed by atoms with Crippen molar-refractivity contribution in [2.45, 2.75) is 37.8 Å². The molecule has 1 unspecified atom stereocenters. The van der Waals surface area contributed by atoms with E-state index in [1.165, 1.54) is 22.6 Å². The molecule has 36 heavy (non-hydrogen) atoms. The van der Waals surface area contributed by atoms with Crippen LogP contribution in [0.2, 0.25) is 0 Å². The maximum absolute atomic E-state index is 14.8. The molecule has 2 aliphatic heterocycles. The molecule has 0 saturated carbocycles. The third kappa shape index (κ3) is 3.87. The molecule has 5 heterocycles. The van der Waals surface area contributed by atoms with Crippen LogP contribution in [0.1, 0.15) is 47.6 Å². The summed E-state index contributed by atoms with van der Waals surface area (Å²) in [5.74, 6) is -1.70. The lowest BCUT2D eigenvalue weighted by atomic mass is 9.98. The highest BCUT2D eigenvalue weighted by Gasteiger charge is 2.36. The summed E-state index contributed by atoms with van der Waals surface area (Å²) in [4.78, 5) is 37.5. The van der Waals surface area contributed by atoms with Crippen LogP contribution in [0.15, 0.2) is 55.1 Å². The molecule has 2 fully saturated rings. The van der Waals surface area contributed by atoms with E-state index in [2.05, 4.69) is 49.4 Å². The van der Waals surface area contributed by atoms with E-state index >= 15 is 0 Å².